The Morgan fingerprint density at radius 1 is 1.33 bits per heavy atom. The number of halogens is 1. The van der Waals surface area contributed by atoms with Crippen LogP contribution in [-0.4, -0.2) is 24.6 Å². The van der Waals surface area contributed by atoms with Gasteiger partial charge in [-0.2, -0.15) is 0 Å². The van der Waals surface area contributed by atoms with Gasteiger partial charge < -0.3 is 9.47 Å². The highest BCUT2D eigenvalue weighted by Gasteiger charge is 2.09. The quantitative estimate of drug-likeness (QED) is 0.441. The standard InChI is InChI=1S/C11H13ClO3/c1-9(12)11(13)15-8-7-14-10-5-3-2-4-6-10/h2-6,9H,7-8H2,1H3. The Morgan fingerprint density at radius 3 is 2.60 bits per heavy atom. The molecule has 3 nitrogen and oxygen atoms in total. The normalized spacial score (nSPS) is 11.9. The van der Waals surface area contributed by atoms with E-state index >= 15 is 0 Å². The molecule has 82 valence electrons. The van der Waals surface area contributed by atoms with Crippen molar-refractivity contribution in [2.75, 3.05) is 13.2 Å². The molecule has 0 amide bonds. The lowest BCUT2D eigenvalue weighted by molar-refractivity contribution is -0.143. The SMILES string of the molecule is CC(Cl)C(=O)OCCOc1ccccc1. The maximum atomic E-state index is 10.9. The third kappa shape index (κ3) is 4.70. The molecule has 1 unspecified atom stereocenters. The van der Waals surface area contributed by atoms with Crippen LogP contribution in [0.25, 0.3) is 0 Å². The van der Waals surface area contributed by atoms with Gasteiger partial charge in [-0.05, 0) is 19.1 Å². The first kappa shape index (κ1) is 11.9. The molecule has 0 aliphatic carbocycles. The van der Waals surface area contributed by atoms with Crippen LogP contribution in [0.1, 0.15) is 6.92 Å². The van der Waals surface area contributed by atoms with Crippen LogP contribution in [0, 0.1) is 0 Å². The van der Waals surface area contributed by atoms with Gasteiger partial charge in [0, 0.05) is 0 Å². The summed E-state index contributed by atoms with van der Waals surface area (Å²) < 4.78 is 10.1. The van der Waals surface area contributed by atoms with Crippen molar-refractivity contribution in [3.8, 4) is 5.75 Å². The summed E-state index contributed by atoms with van der Waals surface area (Å²) in [5.41, 5.74) is 0. The van der Waals surface area contributed by atoms with E-state index in [4.69, 9.17) is 21.1 Å². The summed E-state index contributed by atoms with van der Waals surface area (Å²) in [6.45, 7) is 2.12. The first-order valence-electron chi connectivity index (χ1n) is 4.68. The third-order valence-electron chi connectivity index (χ3n) is 1.66. The van der Waals surface area contributed by atoms with Crippen LogP contribution < -0.4 is 4.74 Å². The molecule has 1 atom stereocenters. The van der Waals surface area contributed by atoms with Crippen molar-refractivity contribution in [2.24, 2.45) is 0 Å². The Morgan fingerprint density at radius 2 is 2.00 bits per heavy atom. The molecule has 1 aromatic carbocycles. The molecule has 0 N–H and O–H groups in total. The van der Waals surface area contributed by atoms with Crippen molar-refractivity contribution < 1.29 is 14.3 Å². The number of ether oxygens (including phenoxy) is 2. The van der Waals surface area contributed by atoms with Gasteiger partial charge in [0.15, 0.2) is 0 Å². The van der Waals surface area contributed by atoms with E-state index in [1.807, 2.05) is 30.3 Å². The number of benzene rings is 1. The fraction of sp³-hybridized carbons (Fsp3) is 0.364. The molecule has 15 heavy (non-hydrogen) atoms. The summed E-state index contributed by atoms with van der Waals surface area (Å²) in [6.07, 6.45) is 0. The molecule has 4 heteroatoms. The Labute approximate surface area is 93.9 Å². The van der Waals surface area contributed by atoms with E-state index < -0.39 is 11.3 Å². The van der Waals surface area contributed by atoms with Gasteiger partial charge in [-0.15, -0.1) is 11.6 Å². The van der Waals surface area contributed by atoms with Crippen molar-refractivity contribution in [1.29, 1.82) is 0 Å². The van der Waals surface area contributed by atoms with Crippen LogP contribution >= 0.6 is 11.6 Å². The minimum Gasteiger partial charge on any atom is -0.490 e. The Kier molecular flexibility index (Phi) is 4.98. The molecule has 1 rings (SSSR count). The lowest BCUT2D eigenvalue weighted by Gasteiger charge is -2.07. The summed E-state index contributed by atoms with van der Waals surface area (Å²) in [7, 11) is 0. The van der Waals surface area contributed by atoms with E-state index in [9.17, 15) is 4.79 Å². The molecule has 0 saturated heterocycles. The number of hydrogen-bond donors (Lipinski definition) is 0. The summed E-state index contributed by atoms with van der Waals surface area (Å²) in [4.78, 5) is 10.9. The smallest absolute Gasteiger partial charge is 0.323 e. The second-order valence-corrected chi connectivity index (χ2v) is 3.60. The molecule has 0 aromatic heterocycles. The zero-order valence-electron chi connectivity index (χ0n) is 8.48. The van der Waals surface area contributed by atoms with E-state index in [1.165, 1.54) is 0 Å². The zero-order valence-corrected chi connectivity index (χ0v) is 9.24. The number of alkyl halides is 1. The van der Waals surface area contributed by atoms with E-state index in [-0.39, 0.29) is 6.61 Å². The van der Waals surface area contributed by atoms with Crippen LogP contribution in [0.15, 0.2) is 30.3 Å². The summed E-state index contributed by atoms with van der Waals surface area (Å²) in [5, 5.41) is -0.610. The maximum Gasteiger partial charge on any atom is 0.323 e. The number of carbonyl (C=O) groups excluding carboxylic acids is 1. The Hall–Kier alpha value is -1.22. The number of para-hydroxylation sites is 1. The van der Waals surface area contributed by atoms with Crippen LogP contribution in [0.2, 0.25) is 0 Å². The molecule has 0 spiro atoms. The molecular formula is C11H13ClO3. The predicted molar refractivity (Wildman–Crippen MR) is 58.2 cm³/mol. The van der Waals surface area contributed by atoms with Gasteiger partial charge in [0.25, 0.3) is 0 Å². The highest BCUT2D eigenvalue weighted by Crippen LogP contribution is 2.07. The van der Waals surface area contributed by atoms with Gasteiger partial charge >= 0.3 is 5.97 Å². The maximum absolute atomic E-state index is 10.9. The van der Waals surface area contributed by atoms with Gasteiger partial charge in [0.2, 0.25) is 0 Å². The van der Waals surface area contributed by atoms with E-state index in [2.05, 4.69) is 0 Å². The zero-order chi connectivity index (χ0) is 11.1. The topological polar surface area (TPSA) is 35.5 Å². The Balaban J connectivity index is 2.15. The second kappa shape index (κ2) is 6.30. The summed E-state index contributed by atoms with van der Waals surface area (Å²) in [5.74, 6) is 0.334. The van der Waals surface area contributed by atoms with Crippen molar-refractivity contribution >= 4 is 17.6 Å². The van der Waals surface area contributed by atoms with Gasteiger partial charge in [-0.1, -0.05) is 18.2 Å². The van der Waals surface area contributed by atoms with Crippen molar-refractivity contribution in [3.63, 3.8) is 0 Å². The van der Waals surface area contributed by atoms with Crippen molar-refractivity contribution in [1.82, 2.24) is 0 Å². The molecule has 0 saturated carbocycles. The van der Waals surface area contributed by atoms with Gasteiger partial charge in [-0.25, -0.2) is 0 Å². The van der Waals surface area contributed by atoms with Gasteiger partial charge in [-0.3, -0.25) is 4.79 Å². The molecule has 1 aromatic rings. The lowest BCUT2D eigenvalue weighted by Crippen LogP contribution is -2.18. The number of carbonyl (C=O) groups is 1. The highest BCUT2D eigenvalue weighted by atomic mass is 35.5. The summed E-state index contributed by atoms with van der Waals surface area (Å²) >= 11 is 5.51. The third-order valence-corrected chi connectivity index (χ3v) is 1.84. The first-order chi connectivity index (χ1) is 7.20. The van der Waals surface area contributed by atoms with Crippen LogP contribution in [0.5, 0.6) is 5.75 Å². The first-order valence-corrected chi connectivity index (χ1v) is 5.12. The average Bonchev–Trinajstić information content (AvgIpc) is 2.25. The largest absolute Gasteiger partial charge is 0.490 e. The molecular weight excluding hydrogens is 216 g/mol. The minimum atomic E-state index is -0.610. The van der Waals surface area contributed by atoms with Gasteiger partial charge in [0.05, 0.1) is 0 Å². The Bertz CT molecular complexity index is 298. The number of esters is 1. The lowest BCUT2D eigenvalue weighted by atomic mass is 10.3. The van der Waals surface area contributed by atoms with Crippen LogP contribution in [0.3, 0.4) is 0 Å². The summed E-state index contributed by atoms with van der Waals surface area (Å²) in [6, 6.07) is 9.34. The fourth-order valence-electron chi connectivity index (χ4n) is 0.933. The van der Waals surface area contributed by atoms with E-state index in [0.717, 1.165) is 5.75 Å². The average molecular weight is 229 g/mol. The van der Waals surface area contributed by atoms with E-state index in [1.54, 1.807) is 6.92 Å². The fourth-order valence-corrected chi connectivity index (χ4v) is 0.996. The molecule has 0 heterocycles. The van der Waals surface area contributed by atoms with Crippen molar-refractivity contribution in [3.05, 3.63) is 30.3 Å². The van der Waals surface area contributed by atoms with Crippen molar-refractivity contribution in [2.45, 2.75) is 12.3 Å². The molecule has 0 aliphatic rings. The van der Waals surface area contributed by atoms with Gasteiger partial charge in [0.1, 0.15) is 24.3 Å². The monoisotopic (exact) mass is 228 g/mol. The minimum absolute atomic E-state index is 0.213. The second-order valence-electron chi connectivity index (χ2n) is 2.95. The number of rotatable bonds is 5. The molecule has 0 bridgehead atoms. The number of hydrogen-bond acceptors (Lipinski definition) is 3. The highest BCUT2D eigenvalue weighted by molar-refractivity contribution is 6.29. The molecule has 0 fully saturated rings. The van der Waals surface area contributed by atoms with Crippen LogP contribution in [0.4, 0.5) is 0 Å². The predicted octanol–water partition coefficient (Wildman–Crippen LogP) is 2.24. The van der Waals surface area contributed by atoms with Crippen LogP contribution in [-0.2, 0) is 9.53 Å². The van der Waals surface area contributed by atoms with E-state index in [0.29, 0.717) is 6.61 Å². The molecule has 0 radical (unpaired) electrons. The molecule has 0 aliphatic heterocycles.